The number of hydrogen-bond acceptors (Lipinski definition) is 5. The molecule has 0 radical (unpaired) electrons. The van der Waals surface area contributed by atoms with Crippen molar-refractivity contribution in [2.75, 3.05) is 19.1 Å². The molecule has 0 aliphatic rings. The van der Waals surface area contributed by atoms with Crippen molar-refractivity contribution in [3.63, 3.8) is 0 Å². The van der Waals surface area contributed by atoms with Crippen LogP contribution >= 0.6 is 11.3 Å². The zero-order chi connectivity index (χ0) is 21.8. The summed E-state index contributed by atoms with van der Waals surface area (Å²) in [6.07, 6.45) is 0.955. The summed E-state index contributed by atoms with van der Waals surface area (Å²) in [7, 11) is 3.14. The summed E-state index contributed by atoms with van der Waals surface area (Å²) in [6, 6.07) is 21.4. The molecule has 158 valence electrons. The van der Waals surface area contributed by atoms with Crippen LogP contribution in [0.5, 0.6) is 11.5 Å². The van der Waals surface area contributed by atoms with E-state index in [2.05, 4.69) is 19.1 Å². The topological polar surface area (TPSA) is 51.7 Å². The smallest absolute Gasteiger partial charge is 0.264 e. The number of carbonyl (C=O) groups is 1. The van der Waals surface area contributed by atoms with Crippen LogP contribution < -0.4 is 14.4 Å². The Labute approximate surface area is 185 Å². The summed E-state index contributed by atoms with van der Waals surface area (Å²) in [5.74, 6) is 0.910. The van der Waals surface area contributed by atoms with Crippen LogP contribution in [0.25, 0.3) is 10.2 Å². The van der Waals surface area contributed by atoms with Crippen LogP contribution in [0.15, 0.2) is 66.7 Å². The van der Waals surface area contributed by atoms with E-state index in [0.29, 0.717) is 28.7 Å². The number of thiazole rings is 1. The summed E-state index contributed by atoms with van der Waals surface area (Å²) >= 11 is 1.52. The van der Waals surface area contributed by atoms with Gasteiger partial charge in [0.05, 0.1) is 36.5 Å². The molecule has 0 spiro atoms. The highest BCUT2D eigenvalue weighted by Crippen LogP contribution is 2.33. The number of ether oxygens (including phenoxy) is 2. The predicted octanol–water partition coefficient (Wildman–Crippen LogP) is 5.72. The van der Waals surface area contributed by atoms with Crippen molar-refractivity contribution in [2.45, 2.75) is 19.9 Å². The minimum absolute atomic E-state index is 0.186. The van der Waals surface area contributed by atoms with Crippen LogP contribution in [0.1, 0.15) is 28.4 Å². The van der Waals surface area contributed by atoms with Crippen LogP contribution in [-0.2, 0) is 13.0 Å². The molecule has 0 N–H and O–H groups in total. The molecule has 0 aliphatic heterocycles. The highest BCUT2D eigenvalue weighted by molar-refractivity contribution is 7.22. The number of aryl methyl sites for hydroxylation is 1. The lowest BCUT2D eigenvalue weighted by molar-refractivity contribution is 0.0982. The lowest BCUT2D eigenvalue weighted by Gasteiger charge is -2.21. The Kier molecular flexibility index (Phi) is 6.18. The van der Waals surface area contributed by atoms with E-state index in [1.165, 1.54) is 16.9 Å². The molecule has 4 rings (SSSR count). The van der Waals surface area contributed by atoms with Crippen molar-refractivity contribution < 1.29 is 14.3 Å². The second-order valence-electron chi connectivity index (χ2n) is 7.10. The zero-order valence-corrected chi connectivity index (χ0v) is 18.6. The first-order valence-electron chi connectivity index (χ1n) is 10.1. The third kappa shape index (κ3) is 4.39. The Balaban J connectivity index is 1.80. The number of nitrogens with zero attached hydrogens (tertiary/aromatic N) is 2. The quantitative estimate of drug-likeness (QED) is 0.375. The van der Waals surface area contributed by atoms with Crippen LogP contribution in [0.2, 0.25) is 0 Å². The normalized spacial score (nSPS) is 10.8. The number of fused-ring (bicyclic) bond motifs is 1. The van der Waals surface area contributed by atoms with Crippen molar-refractivity contribution in [1.82, 2.24) is 4.98 Å². The van der Waals surface area contributed by atoms with Crippen LogP contribution in [0.4, 0.5) is 5.13 Å². The molecule has 1 heterocycles. The maximum Gasteiger partial charge on any atom is 0.264 e. The number of carbonyl (C=O) groups excluding carboxylic acids is 1. The lowest BCUT2D eigenvalue weighted by atomic mass is 10.1. The van der Waals surface area contributed by atoms with Gasteiger partial charge in [-0.2, -0.15) is 0 Å². The van der Waals surface area contributed by atoms with Crippen molar-refractivity contribution in [3.8, 4) is 11.5 Å². The SMILES string of the molecule is CCc1ccc2nc(N(Cc3ccccc3)C(=O)c3cc(OC)ccc3OC)sc2c1. The van der Waals surface area contributed by atoms with Gasteiger partial charge in [-0.1, -0.05) is 54.7 Å². The Bertz CT molecular complexity index is 1200. The summed E-state index contributed by atoms with van der Waals surface area (Å²) < 4.78 is 11.9. The molecule has 0 fully saturated rings. The monoisotopic (exact) mass is 432 g/mol. The first-order valence-corrected chi connectivity index (χ1v) is 10.9. The van der Waals surface area contributed by atoms with Gasteiger partial charge in [0.2, 0.25) is 0 Å². The lowest BCUT2D eigenvalue weighted by Crippen LogP contribution is -2.30. The number of rotatable bonds is 7. The fraction of sp³-hybridized carbons (Fsp3) is 0.200. The molecule has 1 amide bonds. The number of hydrogen-bond donors (Lipinski definition) is 0. The summed E-state index contributed by atoms with van der Waals surface area (Å²) in [4.78, 5) is 20.2. The van der Waals surface area contributed by atoms with E-state index in [0.717, 1.165) is 22.2 Å². The van der Waals surface area contributed by atoms with Crippen molar-refractivity contribution in [3.05, 3.63) is 83.4 Å². The van der Waals surface area contributed by atoms with Gasteiger partial charge in [-0.15, -0.1) is 0 Å². The Morgan fingerprint density at radius 2 is 1.77 bits per heavy atom. The third-order valence-corrected chi connectivity index (χ3v) is 6.19. The van der Waals surface area contributed by atoms with E-state index < -0.39 is 0 Å². The molecule has 3 aromatic carbocycles. The van der Waals surface area contributed by atoms with Gasteiger partial charge < -0.3 is 9.47 Å². The molecule has 0 atom stereocenters. The Morgan fingerprint density at radius 1 is 0.968 bits per heavy atom. The minimum atomic E-state index is -0.186. The van der Waals surface area contributed by atoms with Crippen molar-refractivity contribution in [1.29, 1.82) is 0 Å². The second kappa shape index (κ2) is 9.18. The average Bonchev–Trinajstić information content (AvgIpc) is 3.25. The minimum Gasteiger partial charge on any atom is -0.497 e. The molecule has 1 aromatic heterocycles. The molecule has 0 aliphatic carbocycles. The first-order chi connectivity index (χ1) is 15.1. The van der Waals surface area contributed by atoms with E-state index in [1.807, 2.05) is 36.4 Å². The van der Waals surface area contributed by atoms with E-state index >= 15 is 0 Å². The van der Waals surface area contributed by atoms with Gasteiger partial charge in [0.1, 0.15) is 11.5 Å². The maximum atomic E-state index is 13.8. The number of amides is 1. The molecule has 0 unspecified atom stereocenters. The molecule has 0 bridgehead atoms. The standard InChI is InChI=1S/C25H24N2O3S/c1-4-17-10-12-21-23(14-17)31-25(26-21)27(16-18-8-6-5-7-9-18)24(28)20-15-19(29-2)11-13-22(20)30-3/h5-15H,4,16H2,1-3H3. The number of aromatic nitrogens is 1. The number of methoxy groups -OCH3 is 2. The van der Waals surface area contributed by atoms with Crippen LogP contribution in [0, 0.1) is 0 Å². The Hall–Kier alpha value is -3.38. The van der Waals surface area contributed by atoms with Gasteiger partial charge in [-0.25, -0.2) is 4.98 Å². The van der Waals surface area contributed by atoms with E-state index in [4.69, 9.17) is 14.5 Å². The van der Waals surface area contributed by atoms with Crippen LogP contribution in [-0.4, -0.2) is 25.1 Å². The molecular weight excluding hydrogens is 408 g/mol. The molecular formula is C25H24N2O3S. The fourth-order valence-electron chi connectivity index (χ4n) is 3.41. The molecule has 5 nitrogen and oxygen atoms in total. The highest BCUT2D eigenvalue weighted by Gasteiger charge is 2.25. The van der Waals surface area contributed by atoms with Gasteiger partial charge >= 0.3 is 0 Å². The highest BCUT2D eigenvalue weighted by atomic mass is 32.1. The summed E-state index contributed by atoms with van der Waals surface area (Å²) in [5.41, 5.74) is 3.59. The van der Waals surface area contributed by atoms with Gasteiger partial charge in [0.25, 0.3) is 5.91 Å². The molecule has 6 heteroatoms. The van der Waals surface area contributed by atoms with Crippen molar-refractivity contribution >= 4 is 32.6 Å². The number of benzene rings is 3. The first kappa shape index (κ1) is 20.9. The summed E-state index contributed by atoms with van der Waals surface area (Å²) in [6.45, 7) is 2.53. The number of anilines is 1. The molecule has 0 saturated heterocycles. The maximum absolute atomic E-state index is 13.8. The average molecular weight is 433 g/mol. The molecule has 4 aromatic rings. The fourth-order valence-corrected chi connectivity index (χ4v) is 4.44. The Morgan fingerprint density at radius 3 is 2.48 bits per heavy atom. The van der Waals surface area contributed by atoms with E-state index in [9.17, 15) is 4.79 Å². The van der Waals surface area contributed by atoms with E-state index in [-0.39, 0.29) is 5.91 Å². The van der Waals surface area contributed by atoms with Crippen LogP contribution in [0.3, 0.4) is 0 Å². The van der Waals surface area contributed by atoms with E-state index in [1.54, 1.807) is 37.3 Å². The second-order valence-corrected chi connectivity index (χ2v) is 8.10. The van der Waals surface area contributed by atoms with Gasteiger partial charge in [0.15, 0.2) is 5.13 Å². The molecule has 31 heavy (non-hydrogen) atoms. The largest absolute Gasteiger partial charge is 0.497 e. The third-order valence-electron chi connectivity index (χ3n) is 5.15. The summed E-state index contributed by atoms with van der Waals surface area (Å²) in [5, 5.41) is 0.655. The molecule has 0 saturated carbocycles. The predicted molar refractivity (Wildman–Crippen MR) is 125 cm³/mol. The van der Waals surface area contributed by atoms with Gasteiger partial charge in [0, 0.05) is 0 Å². The van der Waals surface area contributed by atoms with Gasteiger partial charge in [-0.3, -0.25) is 9.69 Å². The van der Waals surface area contributed by atoms with Crippen molar-refractivity contribution in [2.24, 2.45) is 0 Å². The van der Waals surface area contributed by atoms with Gasteiger partial charge in [-0.05, 0) is 47.9 Å². The zero-order valence-electron chi connectivity index (χ0n) is 17.8.